The van der Waals surface area contributed by atoms with Gasteiger partial charge in [0.2, 0.25) is 0 Å². The maximum atomic E-state index is 12.1. The van der Waals surface area contributed by atoms with Crippen LogP contribution in [0, 0.1) is 6.92 Å². The number of carbonyl (C=O) groups is 1. The Morgan fingerprint density at radius 3 is 2.57 bits per heavy atom. The smallest absolute Gasteiger partial charge is 0.415 e. The van der Waals surface area contributed by atoms with E-state index in [0.717, 1.165) is 11.1 Å². The molecular weight excluding hydrogens is 266 g/mol. The summed E-state index contributed by atoms with van der Waals surface area (Å²) in [6.07, 6.45) is -0.368. The van der Waals surface area contributed by atoms with Crippen LogP contribution in [0.3, 0.4) is 0 Å². The highest BCUT2D eigenvalue weighted by atomic mass is 16.6. The average Bonchev–Trinajstić information content (AvgIpc) is 2.87. The van der Waals surface area contributed by atoms with Gasteiger partial charge in [0.05, 0.1) is 23.1 Å². The van der Waals surface area contributed by atoms with Crippen molar-refractivity contribution in [3.63, 3.8) is 0 Å². The van der Waals surface area contributed by atoms with Crippen LogP contribution in [0.5, 0.6) is 0 Å². The molecule has 1 saturated heterocycles. The molecule has 1 atom stereocenters. The Kier molecular flexibility index (Phi) is 3.17. The van der Waals surface area contributed by atoms with Gasteiger partial charge in [-0.2, -0.15) is 0 Å². The van der Waals surface area contributed by atoms with Gasteiger partial charge in [0.1, 0.15) is 6.61 Å². The van der Waals surface area contributed by atoms with Crippen LogP contribution < -0.4 is 16.4 Å². The molecule has 0 aromatic heterocycles. The van der Waals surface area contributed by atoms with Gasteiger partial charge < -0.3 is 16.2 Å². The van der Waals surface area contributed by atoms with E-state index in [9.17, 15) is 4.79 Å². The fourth-order valence-corrected chi connectivity index (χ4v) is 2.57. The number of rotatable bonds is 2. The largest absolute Gasteiger partial charge is 0.447 e. The zero-order valence-electron chi connectivity index (χ0n) is 11.7. The van der Waals surface area contributed by atoms with Crippen LogP contribution >= 0.6 is 0 Å². The monoisotopic (exact) mass is 283 g/mol. The lowest BCUT2D eigenvalue weighted by molar-refractivity contribution is 0.179. The van der Waals surface area contributed by atoms with Crippen LogP contribution in [-0.4, -0.2) is 12.7 Å². The molecule has 108 valence electrons. The minimum atomic E-state index is -0.368. The molecule has 0 saturated carbocycles. The van der Waals surface area contributed by atoms with Gasteiger partial charge in [-0.15, -0.1) is 0 Å². The average molecular weight is 283 g/mol. The molecule has 1 amide bonds. The van der Waals surface area contributed by atoms with Crippen molar-refractivity contribution in [2.24, 2.45) is 0 Å². The highest BCUT2D eigenvalue weighted by Crippen LogP contribution is 2.36. The lowest BCUT2D eigenvalue weighted by Crippen LogP contribution is -2.27. The number of nitrogens with zero attached hydrogens (tertiary/aromatic N) is 1. The predicted molar refractivity (Wildman–Crippen MR) is 83.0 cm³/mol. The summed E-state index contributed by atoms with van der Waals surface area (Å²) < 4.78 is 5.21. The molecule has 0 radical (unpaired) electrons. The summed E-state index contributed by atoms with van der Waals surface area (Å²) in [7, 11) is 0. The number of nitrogens with two attached hydrogens (primary N) is 2. The lowest BCUT2D eigenvalue weighted by Gasteiger charge is -2.23. The van der Waals surface area contributed by atoms with Crippen molar-refractivity contribution in [1.82, 2.24) is 0 Å². The first-order valence-corrected chi connectivity index (χ1v) is 6.74. The number of hydrogen-bond donors (Lipinski definition) is 2. The SMILES string of the molecule is Cc1cc(N2C(=O)OC[C@@H]2c2ccccc2)cc(N)c1N. The van der Waals surface area contributed by atoms with Crippen LogP contribution in [0.2, 0.25) is 0 Å². The van der Waals surface area contributed by atoms with Gasteiger partial charge >= 0.3 is 6.09 Å². The molecule has 2 aromatic carbocycles. The Labute approximate surface area is 123 Å². The van der Waals surface area contributed by atoms with Crippen LogP contribution in [0.15, 0.2) is 42.5 Å². The third-order valence-corrected chi connectivity index (χ3v) is 3.74. The highest BCUT2D eigenvalue weighted by molar-refractivity contribution is 5.92. The maximum absolute atomic E-state index is 12.1. The summed E-state index contributed by atoms with van der Waals surface area (Å²) in [6.45, 7) is 2.19. The van der Waals surface area contributed by atoms with Crippen molar-refractivity contribution >= 4 is 23.2 Å². The first-order chi connectivity index (χ1) is 10.1. The molecule has 1 aliphatic rings. The van der Waals surface area contributed by atoms with Crippen molar-refractivity contribution in [3.05, 3.63) is 53.6 Å². The van der Waals surface area contributed by atoms with Crippen molar-refractivity contribution in [2.45, 2.75) is 13.0 Å². The molecule has 5 heteroatoms. The molecule has 5 nitrogen and oxygen atoms in total. The number of cyclic esters (lactones) is 1. The molecule has 1 fully saturated rings. The summed E-state index contributed by atoms with van der Waals surface area (Å²) in [4.78, 5) is 13.7. The zero-order chi connectivity index (χ0) is 15.0. The quantitative estimate of drug-likeness (QED) is 0.830. The number of benzene rings is 2. The van der Waals surface area contributed by atoms with Crippen LogP contribution in [0.4, 0.5) is 21.9 Å². The van der Waals surface area contributed by atoms with E-state index in [2.05, 4.69) is 0 Å². The second kappa shape index (κ2) is 5.01. The van der Waals surface area contributed by atoms with E-state index in [-0.39, 0.29) is 12.1 Å². The number of carbonyl (C=O) groups excluding carboxylic acids is 1. The van der Waals surface area contributed by atoms with Crippen LogP contribution in [0.25, 0.3) is 0 Å². The number of amides is 1. The standard InChI is InChI=1S/C16H17N3O2/c1-10-7-12(8-13(17)15(10)18)19-14(9-21-16(19)20)11-5-3-2-4-6-11/h2-8,14H,9,17-18H2,1H3/t14-/m1/s1. The Morgan fingerprint density at radius 1 is 1.19 bits per heavy atom. The third kappa shape index (κ3) is 2.27. The third-order valence-electron chi connectivity index (χ3n) is 3.74. The molecule has 0 bridgehead atoms. The molecule has 3 rings (SSSR count). The van der Waals surface area contributed by atoms with E-state index in [1.165, 1.54) is 0 Å². The molecule has 1 heterocycles. The first kappa shape index (κ1) is 13.3. The normalized spacial score (nSPS) is 17.9. The van der Waals surface area contributed by atoms with E-state index in [0.29, 0.717) is 23.7 Å². The predicted octanol–water partition coefficient (Wildman–Crippen LogP) is 2.86. The second-order valence-electron chi connectivity index (χ2n) is 5.14. The first-order valence-electron chi connectivity index (χ1n) is 6.74. The van der Waals surface area contributed by atoms with Gasteiger partial charge in [-0.25, -0.2) is 4.79 Å². The number of hydrogen-bond acceptors (Lipinski definition) is 4. The Hall–Kier alpha value is -2.69. The van der Waals surface area contributed by atoms with E-state index < -0.39 is 0 Å². The fraction of sp³-hybridized carbons (Fsp3) is 0.188. The van der Waals surface area contributed by atoms with Crippen LogP contribution in [0.1, 0.15) is 17.2 Å². The van der Waals surface area contributed by atoms with Gasteiger partial charge in [0.25, 0.3) is 0 Å². The van der Waals surface area contributed by atoms with Gasteiger partial charge in [-0.3, -0.25) is 4.90 Å². The van der Waals surface area contributed by atoms with Crippen molar-refractivity contribution in [2.75, 3.05) is 23.0 Å². The fourth-order valence-electron chi connectivity index (χ4n) is 2.57. The number of aryl methyl sites for hydroxylation is 1. The molecule has 2 aromatic rings. The van der Waals surface area contributed by atoms with Gasteiger partial charge in [0, 0.05) is 0 Å². The summed E-state index contributed by atoms with van der Waals surface area (Å²) >= 11 is 0. The molecule has 0 aliphatic carbocycles. The minimum absolute atomic E-state index is 0.152. The lowest BCUT2D eigenvalue weighted by atomic mass is 10.1. The van der Waals surface area contributed by atoms with Gasteiger partial charge in [-0.05, 0) is 30.2 Å². The van der Waals surface area contributed by atoms with Gasteiger partial charge in [-0.1, -0.05) is 30.3 Å². The van der Waals surface area contributed by atoms with Crippen LogP contribution in [-0.2, 0) is 4.74 Å². The number of ether oxygens (including phenoxy) is 1. The van der Waals surface area contributed by atoms with E-state index in [4.69, 9.17) is 16.2 Å². The van der Waals surface area contributed by atoms with Crippen molar-refractivity contribution < 1.29 is 9.53 Å². The molecular formula is C16H17N3O2. The molecule has 0 unspecified atom stereocenters. The molecule has 1 aliphatic heterocycles. The summed E-state index contributed by atoms with van der Waals surface area (Å²) in [5.74, 6) is 0. The number of anilines is 3. The summed E-state index contributed by atoms with van der Waals surface area (Å²) in [5.41, 5.74) is 15.4. The topological polar surface area (TPSA) is 81.6 Å². The summed E-state index contributed by atoms with van der Waals surface area (Å²) in [6, 6.07) is 13.2. The minimum Gasteiger partial charge on any atom is -0.447 e. The number of nitrogen functional groups attached to an aromatic ring is 2. The van der Waals surface area contributed by atoms with Crippen molar-refractivity contribution in [1.29, 1.82) is 0 Å². The zero-order valence-corrected chi connectivity index (χ0v) is 11.7. The molecule has 4 N–H and O–H groups in total. The van der Waals surface area contributed by atoms with E-state index in [1.54, 1.807) is 11.0 Å². The Morgan fingerprint density at radius 2 is 1.90 bits per heavy atom. The summed E-state index contributed by atoms with van der Waals surface area (Å²) in [5, 5.41) is 0. The van der Waals surface area contributed by atoms with Gasteiger partial charge in [0.15, 0.2) is 0 Å². The van der Waals surface area contributed by atoms with E-state index >= 15 is 0 Å². The Bertz CT molecular complexity index is 662. The molecule has 0 spiro atoms. The maximum Gasteiger partial charge on any atom is 0.415 e. The van der Waals surface area contributed by atoms with E-state index in [1.807, 2.05) is 43.3 Å². The molecule has 21 heavy (non-hydrogen) atoms. The highest BCUT2D eigenvalue weighted by Gasteiger charge is 2.35. The Balaban J connectivity index is 2.04. The van der Waals surface area contributed by atoms with Crippen molar-refractivity contribution in [3.8, 4) is 0 Å². The second-order valence-corrected chi connectivity index (χ2v) is 5.14.